The Hall–Kier alpha value is -1.88. The maximum absolute atomic E-state index is 13.2. The summed E-state index contributed by atoms with van der Waals surface area (Å²) in [6.45, 7) is 0.269. The summed E-state index contributed by atoms with van der Waals surface area (Å²) in [6, 6.07) is 3.64. The molecule has 0 radical (unpaired) electrons. The number of hydrogen-bond acceptors (Lipinski definition) is 2. The van der Waals surface area contributed by atoms with Crippen LogP contribution in [0.3, 0.4) is 0 Å². The van der Waals surface area contributed by atoms with E-state index in [2.05, 4.69) is 5.10 Å². The van der Waals surface area contributed by atoms with E-state index in [9.17, 15) is 9.18 Å². The van der Waals surface area contributed by atoms with Crippen LogP contribution in [-0.2, 0) is 6.54 Å². The van der Waals surface area contributed by atoms with Crippen molar-refractivity contribution in [2.45, 2.75) is 6.54 Å². The van der Waals surface area contributed by atoms with Crippen molar-refractivity contribution in [2.24, 2.45) is 0 Å². The Labute approximate surface area is 101 Å². The van der Waals surface area contributed by atoms with Crippen LogP contribution in [0.5, 0.6) is 0 Å². The average molecular weight is 255 g/mol. The first-order valence-electron chi connectivity index (χ1n) is 4.75. The SMILES string of the molecule is O=C(O)c1cc(F)cc(Cn2cc(Cl)cn2)c1. The Balaban J connectivity index is 2.29. The van der Waals surface area contributed by atoms with Crippen LogP contribution in [0, 0.1) is 5.82 Å². The first-order valence-corrected chi connectivity index (χ1v) is 5.13. The Morgan fingerprint density at radius 2 is 2.24 bits per heavy atom. The Morgan fingerprint density at radius 3 is 2.82 bits per heavy atom. The smallest absolute Gasteiger partial charge is 0.335 e. The summed E-state index contributed by atoms with van der Waals surface area (Å²) in [5.41, 5.74) is 0.431. The fourth-order valence-electron chi connectivity index (χ4n) is 1.48. The summed E-state index contributed by atoms with van der Waals surface area (Å²) in [5, 5.41) is 13.2. The van der Waals surface area contributed by atoms with Gasteiger partial charge in [0.2, 0.25) is 0 Å². The molecule has 4 nitrogen and oxygen atoms in total. The van der Waals surface area contributed by atoms with Crippen molar-refractivity contribution in [3.8, 4) is 0 Å². The van der Waals surface area contributed by atoms with Crippen molar-refractivity contribution in [1.29, 1.82) is 0 Å². The van der Waals surface area contributed by atoms with E-state index in [1.807, 2.05) is 0 Å². The molecule has 0 atom stereocenters. The second-order valence-electron chi connectivity index (χ2n) is 3.51. The lowest BCUT2D eigenvalue weighted by Gasteiger charge is -2.03. The van der Waals surface area contributed by atoms with Crippen LogP contribution < -0.4 is 0 Å². The van der Waals surface area contributed by atoms with Gasteiger partial charge in [0, 0.05) is 6.20 Å². The summed E-state index contributed by atoms with van der Waals surface area (Å²) >= 11 is 5.69. The number of rotatable bonds is 3. The van der Waals surface area contributed by atoms with E-state index in [0.29, 0.717) is 10.6 Å². The second kappa shape index (κ2) is 4.55. The molecule has 17 heavy (non-hydrogen) atoms. The highest BCUT2D eigenvalue weighted by Gasteiger charge is 2.07. The van der Waals surface area contributed by atoms with E-state index in [0.717, 1.165) is 6.07 Å². The van der Waals surface area contributed by atoms with Gasteiger partial charge >= 0.3 is 5.97 Å². The number of carboxylic acids is 1. The van der Waals surface area contributed by atoms with Crippen LogP contribution in [0.4, 0.5) is 4.39 Å². The minimum Gasteiger partial charge on any atom is -0.478 e. The Kier molecular flexibility index (Phi) is 3.10. The lowest BCUT2D eigenvalue weighted by atomic mass is 10.1. The van der Waals surface area contributed by atoms with Crippen molar-refractivity contribution in [1.82, 2.24) is 9.78 Å². The van der Waals surface area contributed by atoms with Crippen molar-refractivity contribution in [3.05, 3.63) is 52.6 Å². The number of carbonyl (C=O) groups is 1. The van der Waals surface area contributed by atoms with Gasteiger partial charge in [-0.05, 0) is 23.8 Å². The number of halogens is 2. The summed E-state index contributed by atoms with van der Waals surface area (Å²) < 4.78 is 14.7. The predicted octanol–water partition coefficient (Wildman–Crippen LogP) is 2.42. The molecule has 1 aromatic heterocycles. The molecular weight excluding hydrogens is 247 g/mol. The minimum atomic E-state index is -1.16. The first kappa shape index (κ1) is 11.6. The van der Waals surface area contributed by atoms with Crippen LogP contribution >= 0.6 is 11.6 Å². The first-order chi connectivity index (χ1) is 8.04. The second-order valence-corrected chi connectivity index (χ2v) is 3.95. The fraction of sp³-hybridized carbons (Fsp3) is 0.0909. The highest BCUT2D eigenvalue weighted by molar-refractivity contribution is 6.30. The van der Waals surface area contributed by atoms with Gasteiger partial charge in [-0.2, -0.15) is 5.10 Å². The van der Waals surface area contributed by atoms with Gasteiger partial charge in [-0.15, -0.1) is 0 Å². The minimum absolute atomic E-state index is 0.0850. The molecule has 0 saturated heterocycles. The maximum atomic E-state index is 13.2. The van der Waals surface area contributed by atoms with E-state index < -0.39 is 11.8 Å². The van der Waals surface area contributed by atoms with Gasteiger partial charge in [0.1, 0.15) is 5.82 Å². The summed E-state index contributed by atoms with van der Waals surface area (Å²) in [4.78, 5) is 10.8. The molecule has 2 rings (SSSR count). The van der Waals surface area contributed by atoms with E-state index >= 15 is 0 Å². The lowest BCUT2D eigenvalue weighted by Crippen LogP contribution is -2.04. The summed E-state index contributed by atoms with van der Waals surface area (Å²) in [6.07, 6.45) is 3.03. The average Bonchev–Trinajstić information content (AvgIpc) is 2.63. The van der Waals surface area contributed by atoms with Crippen LogP contribution in [0.15, 0.2) is 30.6 Å². The highest BCUT2D eigenvalue weighted by atomic mass is 35.5. The van der Waals surface area contributed by atoms with Crippen LogP contribution in [0.25, 0.3) is 0 Å². The van der Waals surface area contributed by atoms with Crippen LogP contribution in [0.1, 0.15) is 15.9 Å². The van der Waals surface area contributed by atoms with Crippen molar-refractivity contribution < 1.29 is 14.3 Å². The Morgan fingerprint density at radius 1 is 1.47 bits per heavy atom. The molecule has 0 fully saturated rings. The molecule has 0 saturated carbocycles. The third-order valence-corrected chi connectivity index (χ3v) is 2.35. The molecule has 88 valence electrons. The quantitative estimate of drug-likeness (QED) is 0.915. The predicted molar refractivity (Wildman–Crippen MR) is 59.7 cm³/mol. The van der Waals surface area contributed by atoms with Gasteiger partial charge in [-0.1, -0.05) is 11.6 Å². The molecule has 1 heterocycles. The topological polar surface area (TPSA) is 55.1 Å². The van der Waals surface area contributed by atoms with E-state index in [1.165, 1.54) is 23.0 Å². The summed E-state index contributed by atoms with van der Waals surface area (Å²) in [5.74, 6) is -1.75. The molecule has 0 spiro atoms. The van der Waals surface area contributed by atoms with Crippen LogP contribution in [-0.4, -0.2) is 20.9 Å². The molecule has 6 heteroatoms. The highest BCUT2D eigenvalue weighted by Crippen LogP contribution is 2.12. The third kappa shape index (κ3) is 2.82. The number of carboxylic acid groups (broad SMARTS) is 1. The van der Waals surface area contributed by atoms with Crippen molar-refractivity contribution in [3.63, 3.8) is 0 Å². The maximum Gasteiger partial charge on any atom is 0.335 e. The number of aromatic nitrogens is 2. The molecule has 0 aliphatic rings. The zero-order valence-electron chi connectivity index (χ0n) is 8.60. The van der Waals surface area contributed by atoms with Gasteiger partial charge in [-0.3, -0.25) is 4.68 Å². The van der Waals surface area contributed by atoms with Crippen LogP contribution in [0.2, 0.25) is 5.02 Å². The molecule has 1 N–H and O–H groups in total. The van der Waals surface area contributed by atoms with Crippen molar-refractivity contribution in [2.75, 3.05) is 0 Å². The largest absolute Gasteiger partial charge is 0.478 e. The van der Waals surface area contributed by atoms with Crippen molar-refractivity contribution >= 4 is 17.6 Å². The molecule has 0 aliphatic heterocycles. The van der Waals surface area contributed by atoms with Gasteiger partial charge < -0.3 is 5.11 Å². The van der Waals surface area contributed by atoms with E-state index in [-0.39, 0.29) is 12.1 Å². The number of hydrogen-bond donors (Lipinski definition) is 1. The van der Waals surface area contributed by atoms with Gasteiger partial charge in [0.15, 0.2) is 0 Å². The fourth-order valence-corrected chi connectivity index (χ4v) is 1.63. The van der Waals surface area contributed by atoms with E-state index in [4.69, 9.17) is 16.7 Å². The number of nitrogens with zero attached hydrogens (tertiary/aromatic N) is 2. The standard InChI is InChI=1S/C11H8ClFN2O2/c12-9-4-14-15(6-9)5-7-1-8(11(16)17)3-10(13)2-7/h1-4,6H,5H2,(H,16,17). The zero-order chi connectivity index (χ0) is 12.4. The Bertz CT molecular complexity index is 568. The lowest BCUT2D eigenvalue weighted by molar-refractivity contribution is 0.0696. The molecule has 0 unspecified atom stereocenters. The zero-order valence-corrected chi connectivity index (χ0v) is 9.36. The molecular formula is C11H8ClFN2O2. The number of aromatic carboxylic acids is 1. The molecule has 2 aromatic rings. The number of benzene rings is 1. The van der Waals surface area contributed by atoms with E-state index in [1.54, 1.807) is 6.20 Å². The normalized spacial score (nSPS) is 10.5. The molecule has 0 amide bonds. The van der Waals surface area contributed by atoms with Gasteiger partial charge in [0.25, 0.3) is 0 Å². The summed E-state index contributed by atoms with van der Waals surface area (Å²) in [7, 11) is 0. The van der Waals surface area contributed by atoms with Gasteiger partial charge in [-0.25, -0.2) is 9.18 Å². The molecule has 0 bridgehead atoms. The van der Waals surface area contributed by atoms with Gasteiger partial charge in [0.05, 0.1) is 23.3 Å². The monoisotopic (exact) mass is 254 g/mol. The molecule has 1 aromatic carbocycles. The molecule has 0 aliphatic carbocycles. The third-order valence-electron chi connectivity index (χ3n) is 2.15.